The highest BCUT2D eigenvalue weighted by Crippen LogP contribution is 2.47. The van der Waals surface area contributed by atoms with Crippen molar-refractivity contribution in [1.82, 2.24) is 15.3 Å². The highest BCUT2D eigenvalue weighted by Gasteiger charge is 2.44. The fourth-order valence-electron chi connectivity index (χ4n) is 5.84. The summed E-state index contributed by atoms with van der Waals surface area (Å²) in [5.74, 6) is -1.29. The maximum Gasteiger partial charge on any atom is 0.251 e. The minimum atomic E-state index is -1.19. The quantitative estimate of drug-likeness (QED) is 0.163. The zero-order valence-corrected chi connectivity index (χ0v) is 27.8. The van der Waals surface area contributed by atoms with E-state index < -0.39 is 29.0 Å². The number of benzene rings is 3. The lowest BCUT2D eigenvalue weighted by molar-refractivity contribution is -0.123. The maximum absolute atomic E-state index is 14.7. The zero-order chi connectivity index (χ0) is 33.7. The summed E-state index contributed by atoms with van der Waals surface area (Å²) in [7, 11) is 0. The second kappa shape index (κ2) is 12.5. The molecule has 12 heteroatoms. The van der Waals surface area contributed by atoms with E-state index in [1.54, 1.807) is 61.5 Å². The number of carbonyl (C=O) groups excluding carboxylic acids is 2. The van der Waals surface area contributed by atoms with Gasteiger partial charge in [0.1, 0.15) is 40.5 Å². The van der Waals surface area contributed by atoms with Gasteiger partial charge in [0, 0.05) is 40.7 Å². The lowest BCUT2D eigenvalue weighted by Gasteiger charge is -2.23. The molecule has 2 amide bonds. The van der Waals surface area contributed by atoms with Crippen LogP contribution in [0.4, 0.5) is 4.39 Å². The first kappa shape index (κ1) is 32.1. The minimum Gasteiger partial charge on any atom is -0.489 e. The van der Waals surface area contributed by atoms with Crippen LogP contribution in [-0.4, -0.2) is 41.0 Å². The molecule has 8 nitrogen and oxygen atoms in total. The molecule has 1 fully saturated rings. The number of hydrogen-bond donors (Lipinski definition) is 2. The Morgan fingerprint density at radius 1 is 1.10 bits per heavy atom. The van der Waals surface area contributed by atoms with Crippen molar-refractivity contribution in [2.45, 2.75) is 37.2 Å². The van der Waals surface area contributed by atoms with Crippen molar-refractivity contribution in [3.63, 3.8) is 0 Å². The third-order valence-electron chi connectivity index (χ3n) is 8.71. The van der Waals surface area contributed by atoms with Crippen LogP contribution in [-0.2, 0) is 10.2 Å². The van der Waals surface area contributed by atoms with Gasteiger partial charge in [0.05, 0.1) is 26.9 Å². The number of nitrogens with one attached hydrogen (secondary N) is 1. The molecule has 7 rings (SSSR count). The number of fused-ring (bicyclic) bond motifs is 2. The molecule has 2 atom stereocenters. The number of nitrogens with zero attached hydrogens (tertiary/aromatic N) is 2. The number of nitrogens with two attached hydrogens (primary N) is 1. The first-order valence-electron chi connectivity index (χ1n) is 15.2. The molecule has 48 heavy (non-hydrogen) atoms. The summed E-state index contributed by atoms with van der Waals surface area (Å²) in [6.07, 6.45) is 3.47. The number of amides is 2. The van der Waals surface area contributed by atoms with E-state index in [0.29, 0.717) is 66.1 Å². The molecular formula is C36H28Cl3FN4O4. The first-order chi connectivity index (χ1) is 23.0. The molecule has 1 saturated carbocycles. The predicted octanol–water partition coefficient (Wildman–Crippen LogP) is 7.63. The monoisotopic (exact) mass is 704 g/mol. The summed E-state index contributed by atoms with van der Waals surface area (Å²) in [5.41, 5.74) is 7.92. The summed E-state index contributed by atoms with van der Waals surface area (Å²) in [6, 6.07) is 18.0. The van der Waals surface area contributed by atoms with Gasteiger partial charge in [-0.05, 0) is 67.8 Å². The molecule has 1 aliphatic heterocycles. The number of ether oxygens (including phenoxy) is 2. The van der Waals surface area contributed by atoms with Crippen LogP contribution in [0.5, 0.6) is 11.5 Å². The van der Waals surface area contributed by atoms with Gasteiger partial charge >= 0.3 is 0 Å². The Kier molecular flexibility index (Phi) is 8.39. The third kappa shape index (κ3) is 6.02. The summed E-state index contributed by atoms with van der Waals surface area (Å²) < 4.78 is 26.8. The number of pyridine rings is 2. The number of hydrogen-bond acceptors (Lipinski definition) is 6. The van der Waals surface area contributed by atoms with Crippen molar-refractivity contribution >= 4 is 57.5 Å². The Hall–Kier alpha value is -4.44. The van der Waals surface area contributed by atoms with Crippen molar-refractivity contribution in [3.05, 3.63) is 116 Å². The fraction of sp³-hybridized carbons (Fsp3) is 0.222. The average molecular weight is 706 g/mol. The van der Waals surface area contributed by atoms with Crippen LogP contribution in [0.1, 0.15) is 52.9 Å². The van der Waals surface area contributed by atoms with Gasteiger partial charge in [-0.1, -0.05) is 59.1 Å². The molecule has 0 saturated heterocycles. The van der Waals surface area contributed by atoms with E-state index in [0.717, 1.165) is 12.8 Å². The van der Waals surface area contributed by atoms with E-state index in [1.807, 2.05) is 0 Å². The lowest BCUT2D eigenvalue weighted by atomic mass is 9.81. The molecule has 0 unspecified atom stereocenters. The van der Waals surface area contributed by atoms with Crippen LogP contribution in [0, 0.1) is 5.82 Å². The molecule has 244 valence electrons. The predicted molar refractivity (Wildman–Crippen MR) is 183 cm³/mol. The van der Waals surface area contributed by atoms with Gasteiger partial charge in [-0.3, -0.25) is 14.6 Å². The fourth-order valence-corrected chi connectivity index (χ4v) is 6.40. The SMILES string of the molecule is C[C@]1(C(N)=O)COc2c1cc([C@@H](CNC(=O)c1cc(OC3CC3)c3ncc(Cl)cc3c1)c1cccc(F)c1)nc2-c1cccc(Cl)c1Cl. The first-order valence-corrected chi connectivity index (χ1v) is 16.4. The molecule has 2 aromatic heterocycles. The molecule has 2 aliphatic rings. The van der Waals surface area contributed by atoms with Gasteiger partial charge in [0.15, 0.2) is 0 Å². The van der Waals surface area contributed by atoms with Crippen LogP contribution in [0.3, 0.4) is 0 Å². The Labute approximate surface area is 290 Å². The summed E-state index contributed by atoms with van der Waals surface area (Å²) in [6.45, 7) is 1.69. The molecule has 0 radical (unpaired) electrons. The standard InChI is InChI=1S/C36H28Cl3FN4O4/c1-36(35(41)46)17-47-33-26(36)14-28(44-32(33)24-6-3-7-27(38)30(24)39)25(18-4-2-5-22(40)12-18)16-43-34(45)20-10-19-11-21(37)15-42-31(19)29(13-20)48-23-8-9-23/h2-7,10-15,23,25H,8-9,16-17H2,1H3,(H2,41,46)(H,43,45)/t25-,36-/m0/s1. The number of carbonyl (C=O) groups is 2. The molecule has 5 aromatic rings. The van der Waals surface area contributed by atoms with Gasteiger partial charge < -0.3 is 20.5 Å². The van der Waals surface area contributed by atoms with Crippen molar-refractivity contribution in [3.8, 4) is 22.8 Å². The van der Waals surface area contributed by atoms with Crippen LogP contribution in [0.15, 0.2) is 72.9 Å². The van der Waals surface area contributed by atoms with E-state index in [1.165, 1.54) is 18.3 Å². The average Bonchev–Trinajstić information content (AvgIpc) is 3.81. The van der Waals surface area contributed by atoms with E-state index in [2.05, 4.69) is 10.3 Å². The van der Waals surface area contributed by atoms with Crippen molar-refractivity contribution in [2.24, 2.45) is 5.73 Å². The zero-order valence-electron chi connectivity index (χ0n) is 25.5. The van der Waals surface area contributed by atoms with Gasteiger partial charge in [0.25, 0.3) is 5.91 Å². The highest BCUT2D eigenvalue weighted by atomic mass is 35.5. The van der Waals surface area contributed by atoms with E-state index in [4.69, 9.17) is 55.0 Å². The van der Waals surface area contributed by atoms with Crippen molar-refractivity contribution in [1.29, 1.82) is 0 Å². The molecule has 3 heterocycles. The molecule has 0 spiro atoms. The van der Waals surface area contributed by atoms with Gasteiger partial charge in [-0.25, -0.2) is 9.37 Å². The topological polar surface area (TPSA) is 116 Å². The largest absolute Gasteiger partial charge is 0.489 e. The molecular weight excluding hydrogens is 678 g/mol. The van der Waals surface area contributed by atoms with Crippen molar-refractivity contribution in [2.75, 3.05) is 13.2 Å². The van der Waals surface area contributed by atoms with Gasteiger partial charge in [0.2, 0.25) is 5.91 Å². The second-order valence-corrected chi connectivity index (χ2v) is 13.4. The highest BCUT2D eigenvalue weighted by molar-refractivity contribution is 6.43. The Bertz CT molecular complexity index is 2130. The Balaban J connectivity index is 1.32. The minimum absolute atomic E-state index is 0.00951. The van der Waals surface area contributed by atoms with E-state index in [-0.39, 0.29) is 24.3 Å². The smallest absolute Gasteiger partial charge is 0.251 e. The Morgan fingerprint density at radius 3 is 2.65 bits per heavy atom. The van der Waals surface area contributed by atoms with Gasteiger partial charge in [-0.2, -0.15) is 0 Å². The molecule has 3 N–H and O–H groups in total. The van der Waals surface area contributed by atoms with Crippen LogP contribution >= 0.6 is 34.8 Å². The third-order valence-corrected chi connectivity index (χ3v) is 9.74. The summed E-state index contributed by atoms with van der Waals surface area (Å²) in [5, 5.41) is 4.63. The number of primary amides is 1. The second-order valence-electron chi connectivity index (χ2n) is 12.2. The van der Waals surface area contributed by atoms with E-state index >= 15 is 0 Å². The Morgan fingerprint density at radius 2 is 1.90 bits per heavy atom. The van der Waals surface area contributed by atoms with Crippen molar-refractivity contribution < 1.29 is 23.5 Å². The van der Waals surface area contributed by atoms with Crippen LogP contribution < -0.4 is 20.5 Å². The normalized spacial score (nSPS) is 17.4. The van der Waals surface area contributed by atoms with Crippen LogP contribution in [0.2, 0.25) is 15.1 Å². The molecule has 1 aliphatic carbocycles. The molecule has 3 aromatic carbocycles. The maximum atomic E-state index is 14.7. The lowest BCUT2D eigenvalue weighted by Crippen LogP contribution is -2.40. The summed E-state index contributed by atoms with van der Waals surface area (Å²) in [4.78, 5) is 36.0. The number of rotatable bonds is 9. The number of halogens is 4. The van der Waals surface area contributed by atoms with Gasteiger partial charge in [-0.15, -0.1) is 0 Å². The molecule has 0 bridgehead atoms. The van der Waals surface area contributed by atoms with Crippen LogP contribution in [0.25, 0.3) is 22.2 Å². The van der Waals surface area contributed by atoms with E-state index in [9.17, 15) is 14.0 Å². The number of aromatic nitrogens is 2. The summed E-state index contributed by atoms with van der Waals surface area (Å²) >= 11 is 19.3.